The van der Waals surface area contributed by atoms with Gasteiger partial charge in [-0.15, -0.1) is 0 Å². The van der Waals surface area contributed by atoms with Crippen LogP contribution in [0, 0.1) is 6.92 Å². The first-order valence-electron chi connectivity index (χ1n) is 8.60. The average molecular weight is 348 g/mol. The van der Waals surface area contributed by atoms with E-state index < -0.39 is 5.97 Å². The van der Waals surface area contributed by atoms with Crippen LogP contribution in [0.25, 0.3) is 22.1 Å². The summed E-state index contributed by atoms with van der Waals surface area (Å²) in [6.45, 7) is 1.86. The number of esters is 1. The Morgan fingerprint density at radius 3 is 2.92 bits per heavy atom. The van der Waals surface area contributed by atoms with Gasteiger partial charge in [0, 0.05) is 17.0 Å². The van der Waals surface area contributed by atoms with Gasteiger partial charge in [0.1, 0.15) is 18.0 Å². The number of fused-ring (bicyclic) bond motifs is 2. The van der Waals surface area contributed by atoms with Crippen molar-refractivity contribution in [3.63, 3.8) is 0 Å². The zero-order valence-electron chi connectivity index (χ0n) is 14.2. The molecule has 26 heavy (non-hydrogen) atoms. The molecular formula is C20H16N2O4. The molecule has 1 fully saturated rings. The molecule has 3 heterocycles. The molecule has 5 rings (SSSR count). The molecule has 0 atom stereocenters. The number of hydrogen-bond acceptors (Lipinski definition) is 6. The summed E-state index contributed by atoms with van der Waals surface area (Å²) >= 11 is 0. The van der Waals surface area contributed by atoms with E-state index in [0.717, 1.165) is 29.5 Å². The zero-order chi connectivity index (χ0) is 17.7. The first kappa shape index (κ1) is 15.1. The lowest BCUT2D eigenvalue weighted by atomic mass is 10.1. The molecule has 0 radical (unpaired) electrons. The monoisotopic (exact) mass is 348 g/mol. The highest BCUT2D eigenvalue weighted by Gasteiger charge is 2.29. The van der Waals surface area contributed by atoms with Crippen LogP contribution in [-0.4, -0.2) is 16.1 Å². The highest BCUT2D eigenvalue weighted by Crippen LogP contribution is 2.40. The number of furan rings is 1. The molecule has 4 aromatic rings. The molecule has 0 unspecified atom stereocenters. The minimum atomic E-state index is -0.425. The fourth-order valence-corrected chi connectivity index (χ4v) is 3.19. The van der Waals surface area contributed by atoms with Gasteiger partial charge in [0.25, 0.3) is 5.71 Å². The number of aromatic nitrogens is 2. The molecule has 0 bridgehead atoms. The van der Waals surface area contributed by atoms with Gasteiger partial charge in [-0.1, -0.05) is 23.4 Å². The van der Waals surface area contributed by atoms with E-state index in [1.54, 1.807) is 6.92 Å². The second-order valence-corrected chi connectivity index (χ2v) is 6.64. The molecule has 3 aromatic heterocycles. The fourth-order valence-electron chi connectivity index (χ4n) is 3.19. The lowest BCUT2D eigenvalue weighted by Gasteiger charge is -2.06. The van der Waals surface area contributed by atoms with Gasteiger partial charge in [0.2, 0.25) is 0 Å². The zero-order valence-corrected chi connectivity index (χ0v) is 14.2. The van der Waals surface area contributed by atoms with Crippen LogP contribution in [-0.2, 0) is 11.3 Å². The maximum absolute atomic E-state index is 12.7. The van der Waals surface area contributed by atoms with Crippen LogP contribution in [0.2, 0.25) is 0 Å². The van der Waals surface area contributed by atoms with E-state index in [1.165, 1.54) is 0 Å². The smallest absolute Gasteiger partial charge is 0.339 e. The fraction of sp³-hybridized carbons (Fsp3) is 0.250. The Balaban J connectivity index is 1.45. The summed E-state index contributed by atoms with van der Waals surface area (Å²) in [6, 6.07) is 11.4. The van der Waals surface area contributed by atoms with Crippen molar-refractivity contribution >= 4 is 28.0 Å². The van der Waals surface area contributed by atoms with E-state index >= 15 is 0 Å². The van der Waals surface area contributed by atoms with Crippen LogP contribution in [0.3, 0.4) is 0 Å². The first-order valence-corrected chi connectivity index (χ1v) is 8.60. The summed E-state index contributed by atoms with van der Waals surface area (Å²) in [5, 5.41) is 5.54. The molecule has 0 N–H and O–H groups in total. The second-order valence-electron chi connectivity index (χ2n) is 6.64. The lowest BCUT2D eigenvalue weighted by molar-refractivity contribution is 0.0449. The van der Waals surface area contributed by atoms with Crippen LogP contribution in [0.5, 0.6) is 0 Å². The summed E-state index contributed by atoms with van der Waals surface area (Å²) < 4.78 is 16.5. The van der Waals surface area contributed by atoms with Gasteiger partial charge in [0.15, 0.2) is 0 Å². The predicted molar refractivity (Wildman–Crippen MR) is 93.8 cm³/mol. The van der Waals surface area contributed by atoms with Crippen molar-refractivity contribution in [2.45, 2.75) is 32.3 Å². The number of aryl methyl sites for hydroxylation is 1. The molecular weight excluding hydrogens is 332 g/mol. The summed E-state index contributed by atoms with van der Waals surface area (Å²) in [6.07, 6.45) is 2.16. The van der Waals surface area contributed by atoms with E-state index in [4.69, 9.17) is 13.7 Å². The van der Waals surface area contributed by atoms with Crippen LogP contribution in [0.1, 0.15) is 46.3 Å². The number of ether oxygens (including phenoxy) is 1. The molecule has 130 valence electrons. The van der Waals surface area contributed by atoms with Crippen molar-refractivity contribution < 1.29 is 18.5 Å². The number of carbonyl (C=O) groups is 1. The van der Waals surface area contributed by atoms with E-state index in [0.29, 0.717) is 34.0 Å². The molecule has 1 aromatic carbocycles. The third-order valence-electron chi connectivity index (χ3n) is 4.67. The summed E-state index contributed by atoms with van der Waals surface area (Å²) in [5.74, 6) is 0.576. The Kier molecular flexibility index (Phi) is 3.31. The second kappa shape index (κ2) is 5.69. The van der Waals surface area contributed by atoms with Crippen LogP contribution >= 0.6 is 0 Å². The van der Waals surface area contributed by atoms with Gasteiger partial charge >= 0.3 is 5.97 Å². The Morgan fingerprint density at radius 2 is 2.12 bits per heavy atom. The number of nitrogens with zero attached hydrogens (tertiary/aromatic N) is 2. The van der Waals surface area contributed by atoms with Crippen LogP contribution in [0.4, 0.5) is 0 Å². The normalized spacial score (nSPS) is 14.2. The minimum Gasteiger partial charge on any atom is -0.457 e. The third kappa shape index (κ3) is 2.54. The Morgan fingerprint density at radius 1 is 1.27 bits per heavy atom. The molecule has 0 spiro atoms. The maximum atomic E-state index is 12.7. The molecule has 1 aliphatic carbocycles. The van der Waals surface area contributed by atoms with Gasteiger partial charge in [0.05, 0.1) is 16.6 Å². The number of hydrogen-bond donors (Lipinski definition) is 0. The largest absolute Gasteiger partial charge is 0.457 e. The highest BCUT2D eigenvalue weighted by atomic mass is 16.5. The summed E-state index contributed by atoms with van der Waals surface area (Å²) in [4.78, 5) is 17.2. The molecule has 0 aliphatic heterocycles. The quantitative estimate of drug-likeness (QED) is 0.505. The van der Waals surface area contributed by atoms with Crippen molar-refractivity contribution in [3.05, 3.63) is 59.1 Å². The SMILES string of the molecule is Cc1noc2nc(C3CC3)cc(C(=O)OCc3cc4ccccc4o3)c12. The predicted octanol–water partition coefficient (Wildman–Crippen LogP) is 4.51. The number of pyridine rings is 1. The van der Waals surface area contributed by atoms with Crippen LogP contribution < -0.4 is 0 Å². The molecule has 0 amide bonds. The average Bonchev–Trinajstić information content (AvgIpc) is 3.32. The number of benzene rings is 1. The molecule has 0 saturated heterocycles. The van der Waals surface area contributed by atoms with Gasteiger partial charge in [-0.2, -0.15) is 0 Å². The van der Waals surface area contributed by atoms with Crippen LogP contribution in [0.15, 0.2) is 45.3 Å². The highest BCUT2D eigenvalue weighted by molar-refractivity contribution is 6.03. The van der Waals surface area contributed by atoms with Crippen molar-refractivity contribution in [3.8, 4) is 0 Å². The van der Waals surface area contributed by atoms with Gasteiger partial charge in [-0.3, -0.25) is 0 Å². The van der Waals surface area contributed by atoms with Crippen molar-refractivity contribution in [1.82, 2.24) is 10.1 Å². The molecule has 6 heteroatoms. The third-order valence-corrected chi connectivity index (χ3v) is 4.67. The van der Waals surface area contributed by atoms with E-state index in [2.05, 4.69) is 10.1 Å². The lowest BCUT2D eigenvalue weighted by Crippen LogP contribution is -2.07. The topological polar surface area (TPSA) is 78.4 Å². The van der Waals surface area contributed by atoms with Crippen molar-refractivity contribution in [1.29, 1.82) is 0 Å². The van der Waals surface area contributed by atoms with E-state index in [-0.39, 0.29) is 6.61 Å². The minimum absolute atomic E-state index is 0.0699. The van der Waals surface area contributed by atoms with Crippen molar-refractivity contribution in [2.75, 3.05) is 0 Å². The summed E-state index contributed by atoms with van der Waals surface area (Å²) in [7, 11) is 0. The van der Waals surface area contributed by atoms with Gasteiger partial charge in [-0.05, 0) is 38.0 Å². The number of carbonyl (C=O) groups excluding carboxylic acids is 1. The Bertz CT molecular complexity index is 1100. The molecule has 1 aliphatic rings. The Labute approximate surface area is 148 Å². The van der Waals surface area contributed by atoms with E-state index in [9.17, 15) is 4.79 Å². The summed E-state index contributed by atoms with van der Waals surface area (Å²) in [5.41, 5.74) is 3.11. The van der Waals surface area contributed by atoms with Crippen molar-refractivity contribution in [2.24, 2.45) is 0 Å². The molecule has 1 saturated carbocycles. The first-order chi connectivity index (χ1) is 12.7. The maximum Gasteiger partial charge on any atom is 0.339 e. The van der Waals surface area contributed by atoms with E-state index in [1.807, 2.05) is 36.4 Å². The molecule has 6 nitrogen and oxygen atoms in total. The standard InChI is InChI=1S/C20H16N2O4/c1-11-18-15(9-16(12-6-7-12)21-19(18)26-22-11)20(23)24-10-14-8-13-4-2-3-5-17(13)25-14/h2-5,8-9,12H,6-7,10H2,1H3. The van der Waals surface area contributed by atoms with Gasteiger partial charge < -0.3 is 13.7 Å². The number of rotatable bonds is 4. The van der Waals surface area contributed by atoms with Gasteiger partial charge in [-0.25, -0.2) is 9.78 Å². The Hall–Kier alpha value is -3.15. The number of para-hydroxylation sites is 1.